The predicted octanol–water partition coefficient (Wildman–Crippen LogP) is 7.21. The lowest BCUT2D eigenvalue weighted by molar-refractivity contribution is -0.145. The molecule has 11 heteroatoms. The van der Waals surface area contributed by atoms with Gasteiger partial charge in [0, 0.05) is 24.9 Å². The molecule has 9 nitrogen and oxygen atoms in total. The Kier molecular flexibility index (Phi) is 13.1. The van der Waals surface area contributed by atoms with Crippen molar-refractivity contribution in [3.05, 3.63) is 106 Å². The number of methoxy groups -OCH3 is 1. The summed E-state index contributed by atoms with van der Waals surface area (Å²) in [6.07, 6.45) is 7.42. The zero-order valence-corrected chi connectivity index (χ0v) is 31.4. The molecule has 0 bridgehead atoms. The van der Waals surface area contributed by atoms with Gasteiger partial charge in [0.25, 0.3) is 0 Å². The first-order chi connectivity index (χ1) is 24.3. The average Bonchev–Trinajstić information content (AvgIpc) is 3.67. The summed E-state index contributed by atoms with van der Waals surface area (Å²) in [5.74, 6) is 2.13. The topological polar surface area (TPSA) is 108 Å². The van der Waals surface area contributed by atoms with Crippen molar-refractivity contribution in [2.24, 2.45) is 5.92 Å². The van der Waals surface area contributed by atoms with Crippen LogP contribution in [0.2, 0.25) is 0 Å². The smallest absolute Gasteiger partial charge is 0.328 e. The molecule has 4 aromatic rings. The second-order valence-electron chi connectivity index (χ2n) is 13.7. The summed E-state index contributed by atoms with van der Waals surface area (Å²) in [6, 6.07) is 20.8. The first-order valence-corrected chi connectivity index (χ1v) is 17.7. The molecular formula is C41H47Cl2N3O6. The standard InChI is InChI=1S/C41H45N3O6.2ClH/c1-25-26(2)42-16-15-34(25)29-13-11-27(12-14-29)17-36(41(46)47-3)44-40(45)35-19-31-20-37-38(21-32(31)22-43-35)50-39(24-49-37)30-9-6-10-33(18-30)48-23-28-7-4-5-8-28;;/h6,9-16,18,20-21,28,35-36,39,43H,4-5,7-8,17,19,22-24H2,1-3H3,(H,44,45);2*1H/t35-,36?,39+;;/m0../s1. The number of aromatic nitrogens is 1. The number of hydrogen-bond donors (Lipinski definition) is 2. The fraction of sp³-hybridized carbons (Fsp3) is 0.390. The Morgan fingerprint density at radius 3 is 2.52 bits per heavy atom. The molecule has 0 spiro atoms. The van der Waals surface area contributed by atoms with Gasteiger partial charge in [-0.3, -0.25) is 9.78 Å². The average molecular weight is 749 g/mol. The molecule has 1 fully saturated rings. The van der Waals surface area contributed by atoms with Gasteiger partial charge in [0.2, 0.25) is 5.91 Å². The van der Waals surface area contributed by atoms with Gasteiger partial charge < -0.3 is 29.6 Å². The fourth-order valence-electron chi connectivity index (χ4n) is 7.24. The van der Waals surface area contributed by atoms with Crippen LogP contribution in [0.3, 0.4) is 0 Å². The lowest BCUT2D eigenvalue weighted by atomic mass is 9.94. The van der Waals surface area contributed by atoms with Crippen molar-refractivity contribution in [1.82, 2.24) is 15.6 Å². The van der Waals surface area contributed by atoms with E-state index >= 15 is 0 Å². The van der Waals surface area contributed by atoms with Crippen molar-refractivity contribution in [2.75, 3.05) is 20.3 Å². The molecule has 3 heterocycles. The molecule has 0 saturated heterocycles. The number of carbonyl (C=O) groups excluding carboxylic acids is 2. The van der Waals surface area contributed by atoms with Gasteiger partial charge in [0.15, 0.2) is 17.6 Å². The Hall–Kier alpha value is -4.31. The van der Waals surface area contributed by atoms with E-state index in [0.717, 1.165) is 57.0 Å². The highest BCUT2D eigenvalue weighted by Crippen LogP contribution is 2.40. The zero-order chi connectivity index (χ0) is 34.6. The van der Waals surface area contributed by atoms with Gasteiger partial charge >= 0.3 is 5.97 Å². The van der Waals surface area contributed by atoms with Crippen LogP contribution in [-0.2, 0) is 33.7 Å². The largest absolute Gasteiger partial charge is 0.493 e. The van der Waals surface area contributed by atoms with Gasteiger partial charge in [-0.2, -0.15) is 0 Å². The van der Waals surface area contributed by atoms with Crippen LogP contribution in [0.4, 0.5) is 0 Å². The lowest BCUT2D eigenvalue weighted by Gasteiger charge is -2.31. The number of pyridine rings is 1. The van der Waals surface area contributed by atoms with E-state index in [2.05, 4.69) is 28.6 Å². The van der Waals surface area contributed by atoms with Crippen LogP contribution in [-0.4, -0.2) is 49.3 Å². The third-order valence-corrected chi connectivity index (χ3v) is 10.4. The van der Waals surface area contributed by atoms with E-state index in [1.54, 1.807) is 0 Å². The van der Waals surface area contributed by atoms with Gasteiger partial charge in [-0.05, 0) is 108 Å². The molecule has 3 atom stereocenters. The van der Waals surface area contributed by atoms with E-state index in [4.69, 9.17) is 18.9 Å². The summed E-state index contributed by atoms with van der Waals surface area (Å²) in [7, 11) is 1.34. The minimum Gasteiger partial charge on any atom is -0.493 e. The first-order valence-electron chi connectivity index (χ1n) is 17.7. The number of amides is 1. The third-order valence-electron chi connectivity index (χ3n) is 10.4. The Morgan fingerprint density at radius 2 is 1.75 bits per heavy atom. The molecule has 1 aromatic heterocycles. The second kappa shape index (κ2) is 17.5. The number of halogens is 2. The normalized spacial score (nSPS) is 18.2. The summed E-state index contributed by atoms with van der Waals surface area (Å²) in [5, 5.41) is 6.29. The Bertz CT molecular complexity index is 1860. The van der Waals surface area contributed by atoms with Crippen molar-refractivity contribution < 1.29 is 28.5 Å². The number of esters is 1. The first kappa shape index (κ1) is 38.9. The Balaban J connectivity index is 0.00000261. The second-order valence-corrected chi connectivity index (χ2v) is 13.7. The van der Waals surface area contributed by atoms with E-state index in [1.165, 1.54) is 32.8 Å². The fourth-order valence-corrected chi connectivity index (χ4v) is 7.24. The van der Waals surface area contributed by atoms with E-state index in [9.17, 15) is 9.59 Å². The van der Waals surface area contributed by atoms with Crippen molar-refractivity contribution in [3.63, 3.8) is 0 Å². The Morgan fingerprint density at radius 1 is 0.981 bits per heavy atom. The van der Waals surface area contributed by atoms with Gasteiger partial charge in [0.05, 0.1) is 19.8 Å². The lowest BCUT2D eigenvalue weighted by Crippen LogP contribution is -2.53. The number of carbonyl (C=O) groups is 2. The highest BCUT2D eigenvalue weighted by molar-refractivity contribution is 5.88. The predicted molar refractivity (Wildman–Crippen MR) is 205 cm³/mol. The third kappa shape index (κ3) is 8.82. The molecular weight excluding hydrogens is 701 g/mol. The maximum atomic E-state index is 13.5. The van der Waals surface area contributed by atoms with Crippen molar-refractivity contribution in [3.8, 4) is 28.4 Å². The minimum absolute atomic E-state index is 0. The number of benzene rings is 3. The summed E-state index contributed by atoms with van der Waals surface area (Å²) < 4.78 is 23.9. The minimum atomic E-state index is -0.824. The van der Waals surface area contributed by atoms with E-state index < -0.39 is 18.1 Å². The van der Waals surface area contributed by atoms with Crippen LogP contribution >= 0.6 is 24.8 Å². The van der Waals surface area contributed by atoms with Crippen molar-refractivity contribution in [1.29, 1.82) is 0 Å². The van der Waals surface area contributed by atoms with Crippen LogP contribution in [0.15, 0.2) is 72.9 Å². The summed E-state index contributed by atoms with van der Waals surface area (Å²) in [6.45, 7) is 5.68. The number of ether oxygens (including phenoxy) is 4. The van der Waals surface area contributed by atoms with Crippen LogP contribution in [0.25, 0.3) is 11.1 Å². The molecule has 2 aliphatic heterocycles. The number of hydrogen-bond acceptors (Lipinski definition) is 8. The molecule has 7 rings (SSSR count). The molecule has 0 radical (unpaired) electrons. The zero-order valence-electron chi connectivity index (χ0n) is 29.8. The van der Waals surface area contributed by atoms with Crippen LogP contribution in [0, 0.1) is 19.8 Å². The van der Waals surface area contributed by atoms with Gasteiger partial charge in [-0.1, -0.05) is 49.2 Å². The molecule has 1 aliphatic carbocycles. The molecule has 1 unspecified atom stereocenters. The summed E-state index contributed by atoms with van der Waals surface area (Å²) in [4.78, 5) is 30.7. The Labute approximate surface area is 318 Å². The molecule has 52 heavy (non-hydrogen) atoms. The molecule has 1 amide bonds. The highest BCUT2D eigenvalue weighted by atomic mass is 35.5. The summed E-state index contributed by atoms with van der Waals surface area (Å²) in [5.41, 5.74) is 8.31. The number of nitrogens with zero attached hydrogens (tertiary/aromatic N) is 1. The molecule has 2 N–H and O–H groups in total. The molecule has 3 aromatic carbocycles. The summed E-state index contributed by atoms with van der Waals surface area (Å²) >= 11 is 0. The number of nitrogens with one attached hydrogen (secondary N) is 2. The maximum absolute atomic E-state index is 13.5. The SMILES string of the molecule is COC(=O)C(Cc1ccc(-c2ccnc(C)c2C)cc1)NC(=O)[C@@H]1Cc2cc3c(cc2CN1)O[C@@H](c1cccc(OCC2CCCC2)c1)CO3.Cl.Cl. The van der Waals surface area contributed by atoms with Crippen LogP contribution < -0.4 is 24.8 Å². The number of fused-ring (bicyclic) bond motifs is 2. The monoisotopic (exact) mass is 747 g/mol. The quantitative estimate of drug-likeness (QED) is 0.164. The van der Waals surface area contributed by atoms with E-state index in [1.807, 2.05) is 73.8 Å². The molecule has 276 valence electrons. The van der Waals surface area contributed by atoms with Crippen LogP contribution in [0.5, 0.6) is 17.2 Å². The van der Waals surface area contributed by atoms with E-state index in [-0.39, 0.29) is 36.8 Å². The highest BCUT2D eigenvalue weighted by Gasteiger charge is 2.31. The number of aryl methyl sites for hydroxylation is 1. The van der Waals surface area contributed by atoms with Gasteiger partial charge in [-0.25, -0.2) is 4.79 Å². The molecule has 1 saturated carbocycles. The van der Waals surface area contributed by atoms with Crippen molar-refractivity contribution >= 4 is 36.7 Å². The molecule has 3 aliphatic rings. The van der Waals surface area contributed by atoms with Gasteiger partial charge in [0.1, 0.15) is 18.4 Å². The van der Waals surface area contributed by atoms with Gasteiger partial charge in [-0.15, -0.1) is 24.8 Å². The van der Waals surface area contributed by atoms with E-state index in [0.29, 0.717) is 43.4 Å². The van der Waals surface area contributed by atoms with Crippen LogP contribution in [0.1, 0.15) is 65.3 Å². The van der Waals surface area contributed by atoms with Crippen molar-refractivity contribution in [2.45, 2.75) is 77.1 Å². The number of rotatable bonds is 10. The maximum Gasteiger partial charge on any atom is 0.328 e.